The number of carbonyl (C=O) groups excluding carboxylic acids is 1. The van der Waals surface area contributed by atoms with E-state index in [0.29, 0.717) is 17.1 Å². The molecule has 2 N–H and O–H groups in total. The van der Waals surface area contributed by atoms with Crippen molar-refractivity contribution in [2.75, 3.05) is 17.2 Å². The van der Waals surface area contributed by atoms with E-state index in [-0.39, 0.29) is 5.91 Å². The van der Waals surface area contributed by atoms with Crippen LogP contribution in [0.4, 0.5) is 11.5 Å². The maximum absolute atomic E-state index is 12.2. The minimum absolute atomic E-state index is 0.268. The largest absolute Gasteiger partial charge is 0.369 e. The summed E-state index contributed by atoms with van der Waals surface area (Å²) >= 11 is 3.31. The van der Waals surface area contributed by atoms with Gasteiger partial charge >= 0.3 is 0 Å². The Balaban J connectivity index is 2.21. The number of hydrogen-bond donors (Lipinski definition) is 2. The van der Waals surface area contributed by atoms with Gasteiger partial charge in [-0.25, -0.2) is 4.98 Å². The molecule has 0 aliphatic carbocycles. The summed E-state index contributed by atoms with van der Waals surface area (Å²) in [6.45, 7) is 2.80. The molecule has 0 atom stereocenters. The average Bonchev–Trinajstić information content (AvgIpc) is 2.90. The van der Waals surface area contributed by atoms with Crippen LogP contribution in [-0.4, -0.2) is 22.6 Å². The molecule has 0 aliphatic rings. The van der Waals surface area contributed by atoms with Gasteiger partial charge in [-0.15, -0.1) is 0 Å². The van der Waals surface area contributed by atoms with Crippen LogP contribution < -0.4 is 10.6 Å². The second-order valence-corrected chi connectivity index (χ2v) is 4.76. The lowest BCUT2D eigenvalue weighted by atomic mass is 10.2. The second kappa shape index (κ2) is 6.33. The monoisotopic (exact) mass is 324 g/mol. The zero-order chi connectivity index (χ0) is 13.7. The first kappa shape index (κ1) is 13.5. The van der Waals surface area contributed by atoms with E-state index in [9.17, 15) is 4.79 Å². The van der Waals surface area contributed by atoms with Crippen molar-refractivity contribution in [3.63, 3.8) is 0 Å². The van der Waals surface area contributed by atoms with Crippen molar-refractivity contribution in [3.8, 4) is 0 Å². The highest BCUT2D eigenvalue weighted by atomic mass is 79.9. The summed E-state index contributed by atoms with van der Waals surface area (Å²) in [6.07, 6.45) is 5.39. The summed E-state index contributed by atoms with van der Waals surface area (Å²) < 4.78 is 5.41. The van der Waals surface area contributed by atoms with Crippen LogP contribution >= 0.6 is 15.9 Å². The molecule has 0 bridgehead atoms. The first-order valence-corrected chi connectivity index (χ1v) is 6.60. The Hall–Kier alpha value is -1.89. The van der Waals surface area contributed by atoms with Crippen molar-refractivity contribution in [2.45, 2.75) is 13.3 Å². The lowest BCUT2D eigenvalue weighted by molar-refractivity contribution is 0.102. The highest BCUT2D eigenvalue weighted by Gasteiger charge is 2.14. The lowest BCUT2D eigenvalue weighted by Crippen LogP contribution is -2.16. The number of aromatic nitrogens is 2. The van der Waals surface area contributed by atoms with Gasteiger partial charge in [-0.3, -0.25) is 4.79 Å². The number of nitrogens with one attached hydrogen (secondary N) is 2. The predicted octanol–water partition coefficient (Wildman–Crippen LogP) is 2.91. The van der Waals surface area contributed by atoms with E-state index in [4.69, 9.17) is 0 Å². The Bertz CT molecular complexity index is 557. The minimum Gasteiger partial charge on any atom is -0.369 e. The SMILES string of the molecule is CCCNc1ncc(Br)cc1C(=O)Nc1cnoc1. The van der Waals surface area contributed by atoms with E-state index in [1.807, 2.05) is 6.92 Å². The number of pyridine rings is 1. The summed E-state index contributed by atoms with van der Waals surface area (Å²) in [7, 11) is 0. The van der Waals surface area contributed by atoms with E-state index in [1.165, 1.54) is 12.5 Å². The van der Waals surface area contributed by atoms with Crippen LogP contribution in [0.2, 0.25) is 0 Å². The first-order valence-electron chi connectivity index (χ1n) is 5.81. The van der Waals surface area contributed by atoms with Crippen LogP contribution in [0, 0.1) is 0 Å². The molecule has 2 heterocycles. The number of halogens is 1. The third kappa shape index (κ3) is 3.54. The fraction of sp³-hybridized carbons (Fsp3) is 0.250. The van der Waals surface area contributed by atoms with E-state index >= 15 is 0 Å². The summed E-state index contributed by atoms with van der Waals surface area (Å²) in [5, 5.41) is 9.33. The molecule has 100 valence electrons. The molecule has 2 rings (SSSR count). The Morgan fingerprint density at radius 3 is 3.00 bits per heavy atom. The lowest BCUT2D eigenvalue weighted by Gasteiger charge is -2.10. The molecule has 2 aromatic rings. The smallest absolute Gasteiger partial charge is 0.259 e. The number of carbonyl (C=O) groups is 1. The van der Waals surface area contributed by atoms with Crippen molar-refractivity contribution >= 4 is 33.3 Å². The van der Waals surface area contributed by atoms with Crippen LogP contribution in [0.1, 0.15) is 23.7 Å². The standard InChI is InChI=1S/C12H13BrN4O2/c1-2-3-14-11-10(4-8(13)5-15-11)12(18)17-9-6-16-19-7-9/h4-7H,2-3H2,1H3,(H,14,15)(H,17,18). The third-order valence-electron chi connectivity index (χ3n) is 2.33. The van der Waals surface area contributed by atoms with Crippen molar-refractivity contribution < 1.29 is 9.32 Å². The van der Waals surface area contributed by atoms with Gasteiger partial charge in [0, 0.05) is 17.2 Å². The van der Waals surface area contributed by atoms with Gasteiger partial charge in [-0.05, 0) is 28.4 Å². The van der Waals surface area contributed by atoms with Gasteiger partial charge in [0.1, 0.15) is 17.8 Å². The Morgan fingerprint density at radius 1 is 1.47 bits per heavy atom. The molecule has 0 unspecified atom stereocenters. The van der Waals surface area contributed by atoms with Gasteiger partial charge in [0.15, 0.2) is 0 Å². The van der Waals surface area contributed by atoms with Gasteiger partial charge < -0.3 is 15.2 Å². The Labute approximate surface area is 118 Å². The number of rotatable bonds is 5. The van der Waals surface area contributed by atoms with Crippen molar-refractivity contribution in [1.82, 2.24) is 10.1 Å². The number of anilines is 2. The normalized spacial score (nSPS) is 10.2. The highest BCUT2D eigenvalue weighted by molar-refractivity contribution is 9.10. The maximum atomic E-state index is 12.2. The van der Waals surface area contributed by atoms with E-state index in [2.05, 4.69) is 41.2 Å². The number of hydrogen-bond acceptors (Lipinski definition) is 5. The van der Waals surface area contributed by atoms with Crippen molar-refractivity contribution in [1.29, 1.82) is 0 Å². The second-order valence-electron chi connectivity index (χ2n) is 3.84. The van der Waals surface area contributed by atoms with Gasteiger partial charge in [-0.1, -0.05) is 12.1 Å². The number of nitrogens with zero attached hydrogens (tertiary/aromatic N) is 2. The van der Waals surface area contributed by atoms with Crippen LogP contribution in [0.15, 0.2) is 33.7 Å². The fourth-order valence-corrected chi connectivity index (χ4v) is 1.79. The molecule has 0 spiro atoms. The Kier molecular flexibility index (Phi) is 4.51. The van der Waals surface area contributed by atoms with E-state index in [1.54, 1.807) is 12.3 Å². The van der Waals surface area contributed by atoms with Gasteiger partial charge in [0.25, 0.3) is 5.91 Å². The molecule has 0 aliphatic heterocycles. The van der Waals surface area contributed by atoms with Gasteiger partial charge in [0.05, 0.1) is 11.8 Å². The molecule has 1 amide bonds. The highest BCUT2D eigenvalue weighted by Crippen LogP contribution is 2.19. The maximum Gasteiger partial charge on any atom is 0.259 e. The molecule has 0 saturated heterocycles. The van der Waals surface area contributed by atoms with Crippen molar-refractivity contribution in [3.05, 3.63) is 34.8 Å². The molecule has 19 heavy (non-hydrogen) atoms. The van der Waals surface area contributed by atoms with E-state index in [0.717, 1.165) is 17.4 Å². The average molecular weight is 325 g/mol. The van der Waals surface area contributed by atoms with Gasteiger partial charge in [-0.2, -0.15) is 0 Å². The van der Waals surface area contributed by atoms with Gasteiger partial charge in [0.2, 0.25) is 0 Å². The molecule has 0 fully saturated rings. The zero-order valence-electron chi connectivity index (χ0n) is 10.3. The molecule has 0 saturated carbocycles. The van der Waals surface area contributed by atoms with Crippen molar-refractivity contribution in [2.24, 2.45) is 0 Å². The van der Waals surface area contributed by atoms with Crippen LogP contribution in [0.25, 0.3) is 0 Å². The molecular formula is C12H13BrN4O2. The first-order chi connectivity index (χ1) is 9.20. The molecule has 6 nitrogen and oxygen atoms in total. The number of amides is 1. The fourth-order valence-electron chi connectivity index (χ4n) is 1.46. The van der Waals surface area contributed by atoms with E-state index < -0.39 is 0 Å². The van der Waals surface area contributed by atoms with Crippen LogP contribution in [0.5, 0.6) is 0 Å². The molecule has 7 heteroatoms. The minimum atomic E-state index is -0.268. The predicted molar refractivity (Wildman–Crippen MR) is 75.2 cm³/mol. The molecule has 0 radical (unpaired) electrons. The summed E-state index contributed by atoms with van der Waals surface area (Å²) in [5.41, 5.74) is 0.968. The molecule has 2 aromatic heterocycles. The Morgan fingerprint density at radius 2 is 2.32 bits per heavy atom. The molecule has 0 aromatic carbocycles. The van der Waals surface area contributed by atoms with Crippen LogP contribution in [-0.2, 0) is 0 Å². The third-order valence-corrected chi connectivity index (χ3v) is 2.77. The summed E-state index contributed by atoms with van der Waals surface area (Å²) in [5.74, 6) is 0.287. The molecular weight excluding hydrogens is 312 g/mol. The topological polar surface area (TPSA) is 80.0 Å². The quantitative estimate of drug-likeness (QED) is 0.883. The summed E-state index contributed by atoms with van der Waals surface area (Å²) in [6, 6.07) is 1.72. The zero-order valence-corrected chi connectivity index (χ0v) is 11.9. The summed E-state index contributed by atoms with van der Waals surface area (Å²) in [4.78, 5) is 16.4. The van der Waals surface area contributed by atoms with Crippen LogP contribution in [0.3, 0.4) is 0 Å².